The van der Waals surface area contributed by atoms with Gasteiger partial charge in [-0.05, 0) is 48.9 Å². The number of nitrogens with zero attached hydrogens (tertiary/aromatic N) is 2. The smallest absolute Gasteiger partial charge is 0.262 e. The van der Waals surface area contributed by atoms with Crippen molar-refractivity contribution >= 4 is 17.5 Å². The Morgan fingerprint density at radius 1 is 0.889 bits per heavy atom. The Kier molecular flexibility index (Phi) is 8.52. The summed E-state index contributed by atoms with van der Waals surface area (Å²) < 4.78 is 24.9. The molecule has 2 amide bonds. The SMILES string of the molecule is CCOc1ccc(CN2CCN(C(=O)c3ccccc3OCC(=O)Nc3ccccc3F)CC2)cc1. The van der Waals surface area contributed by atoms with Crippen LogP contribution in [0.3, 0.4) is 0 Å². The Morgan fingerprint density at radius 2 is 1.58 bits per heavy atom. The van der Waals surface area contributed by atoms with Crippen LogP contribution in [0.4, 0.5) is 10.1 Å². The monoisotopic (exact) mass is 491 g/mol. The van der Waals surface area contributed by atoms with Gasteiger partial charge in [0.25, 0.3) is 11.8 Å². The Morgan fingerprint density at radius 3 is 2.31 bits per heavy atom. The number of piperazine rings is 1. The predicted molar refractivity (Wildman–Crippen MR) is 136 cm³/mol. The summed E-state index contributed by atoms with van der Waals surface area (Å²) in [6.45, 7) is 5.78. The molecule has 1 N–H and O–H groups in total. The lowest BCUT2D eigenvalue weighted by molar-refractivity contribution is -0.118. The van der Waals surface area contributed by atoms with Crippen molar-refractivity contribution in [3.8, 4) is 11.5 Å². The van der Waals surface area contributed by atoms with Gasteiger partial charge in [0.05, 0.1) is 17.9 Å². The van der Waals surface area contributed by atoms with Crippen LogP contribution < -0.4 is 14.8 Å². The first-order valence-corrected chi connectivity index (χ1v) is 12.0. The van der Waals surface area contributed by atoms with Crippen molar-refractivity contribution in [1.29, 1.82) is 0 Å². The number of rotatable bonds is 9. The summed E-state index contributed by atoms with van der Waals surface area (Å²) in [4.78, 5) is 29.6. The highest BCUT2D eigenvalue weighted by molar-refractivity contribution is 5.97. The van der Waals surface area contributed by atoms with Gasteiger partial charge in [-0.1, -0.05) is 36.4 Å². The highest BCUT2D eigenvalue weighted by Gasteiger charge is 2.24. The van der Waals surface area contributed by atoms with Crippen LogP contribution in [0.5, 0.6) is 11.5 Å². The second-order valence-corrected chi connectivity index (χ2v) is 8.46. The van der Waals surface area contributed by atoms with Crippen LogP contribution >= 0.6 is 0 Å². The van der Waals surface area contributed by atoms with Crippen LogP contribution in [-0.4, -0.2) is 61.0 Å². The molecule has 0 radical (unpaired) electrons. The van der Waals surface area contributed by atoms with Crippen molar-refractivity contribution in [2.24, 2.45) is 0 Å². The fourth-order valence-electron chi connectivity index (χ4n) is 4.06. The minimum absolute atomic E-state index is 0.0820. The van der Waals surface area contributed by atoms with Crippen LogP contribution in [0, 0.1) is 5.82 Å². The normalized spacial score (nSPS) is 13.8. The van der Waals surface area contributed by atoms with E-state index >= 15 is 0 Å². The fourth-order valence-corrected chi connectivity index (χ4v) is 4.06. The van der Waals surface area contributed by atoms with Crippen molar-refractivity contribution in [2.75, 3.05) is 44.7 Å². The molecule has 0 aromatic heterocycles. The van der Waals surface area contributed by atoms with Crippen molar-refractivity contribution in [3.63, 3.8) is 0 Å². The van der Waals surface area contributed by atoms with Gasteiger partial charge in [-0.25, -0.2) is 4.39 Å². The number of carbonyl (C=O) groups excluding carboxylic acids is 2. The molecule has 1 fully saturated rings. The first-order valence-electron chi connectivity index (χ1n) is 12.0. The van der Waals surface area contributed by atoms with Crippen molar-refractivity contribution in [3.05, 3.63) is 89.7 Å². The van der Waals surface area contributed by atoms with Crippen molar-refractivity contribution in [2.45, 2.75) is 13.5 Å². The average Bonchev–Trinajstić information content (AvgIpc) is 2.90. The zero-order chi connectivity index (χ0) is 25.3. The summed E-state index contributed by atoms with van der Waals surface area (Å²) in [5.74, 6) is 0.0134. The maximum absolute atomic E-state index is 13.8. The third kappa shape index (κ3) is 6.60. The molecular weight excluding hydrogens is 461 g/mol. The number of benzene rings is 3. The molecule has 188 valence electrons. The van der Waals surface area contributed by atoms with E-state index in [1.165, 1.54) is 17.7 Å². The molecule has 0 saturated carbocycles. The van der Waals surface area contributed by atoms with Crippen LogP contribution in [0.25, 0.3) is 0 Å². The first kappa shape index (κ1) is 25.2. The number of hydrogen-bond donors (Lipinski definition) is 1. The van der Waals surface area contributed by atoms with Gasteiger partial charge in [-0.15, -0.1) is 0 Å². The number of para-hydroxylation sites is 2. The zero-order valence-electron chi connectivity index (χ0n) is 20.3. The number of nitrogens with one attached hydrogen (secondary N) is 1. The maximum atomic E-state index is 13.8. The predicted octanol–water partition coefficient (Wildman–Crippen LogP) is 4.20. The molecule has 0 atom stereocenters. The summed E-state index contributed by atoms with van der Waals surface area (Å²) in [6.07, 6.45) is 0. The number of amides is 2. The minimum Gasteiger partial charge on any atom is -0.494 e. The molecule has 1 saturated heterocycles. The van der Waals surface area contributed by atoms with Gasteiger partial charge in [0, 0.05) is 32.7 Å². The van der Waals surface area contributed by atoms with Gasteiger partial charge in [0.1, 0.15) is 17.3 Å². The number of hydrogen-bond acceptors (Lipinski definition) is 5. The van der Waals surface area contributed by atoms with E-state index in [0.29, 0.717) is 31.0 Å². The minimum atomic E-state index is -0.525. The number of ether oxygens (including phenoxy) is 2. The summed E-state index contributed by atoms with van der Waals surface area (Å²) in [6, 6.07) is 20.9. The number of anilines is 1. The van der Waals surface area contributed by atoms with Gasteiger partial charge < -0.3 is 19.7 Å². The second-order valence-electron chi connectivity index (χ2n) is 8.46. The molecular formula is C28H30FN3O4. The fraction of sp³-hybridized carbons (Fsp3) is 0.286. The Bertz CT molecular complexity index is 1180. The zero-order valence-corrected chi connectivity index (χ0v) is 20.3. The third-order valence-corrected chi connectivity index (χ3v) is 5.92. The molecule has 0 unspecified atom stereocenters. The lowest BCUT2D eigenvalue weighted by atomic mass is 10.1. The molecule has 1 heterocycles. The van der Waals surface area contributed by atoms with E-state index in [1.54, 1.807) is 41.3 Å². The Labute approximate surface area is 210 Å². The topological polar surface area (TPSA) is 71.1 Å². The molecule has 36 heavy (non-hydrogen) atoms. The standard InChI is InChI=1S/C28H30FN3O4/c1-2-35-22-13-11-21(12-14-22)19-31-15-17-32(18-16-31)28(34)23-7-3-6-10-26(23)36-20-27(33)30-25-9-5-4-8-24(25)29/h3-14H,2,15-20H2,1H3,(H,30,33). The molecule has 4 rings (SSSR count). The summed E-state index contributed by atoms with van der Waals surface area (Å²) in [5, 5.41) is 2.48. The largest absolute Gasteiger partial charge is 0.494 e. The Balaban J connectivity index is 1.30. The van der Waals surface area contributed by atoms with Crippen LogP contribution in [0.2, 0.25) is 0 Å². The summed E-state index contributed by atoms with van der Waals surface area (Å²) >= 11 is 0. The average molecular weight is 492 g/mol. The Hall–Kier alpha value is -3.91. The van der Waals surface area contributed by atoms with Gasteiger partial charge in [0.2, 0.25) is 0 Å². The number of halogens is 1. The molecule has 0 aliphatic carbocycles. The van der Waals surface area contributed by atoms with Crippen LogP contribution in [0.1, 0.15) is 22.8 Å². The van der Waals surface area contributed by atoms with E-state index in [1.807, 2.05) is 19.1 Å². The van der Waals surface area contributed by atoms with Crippen molar-refractivity contribution < 1.29 is 23.5 Å². The van der Waals surface area contributed by atoms with E-state index in [-0.39, 0.29) is 18.2 Å². The van der Waals surface area contributed by atoms with E-state index < -0.39 is 11.7 Å². The maximum Gasteiger partial charge on any atom is 0.262 e. The van der Waals surface area contributed by atoms with E-state index in [0.717, 1.165) is 25.4 Å². The third-order valence-electron chi connectivity index (χ3n) is 5.92. The molecule has 0 spiro atoms. The molecule has 3 aromatic carbocycles. The van der Waals surface area contributed by atoms with Gasteiger partial charge in [-0.2, -0.15) is 0 Å². The molecule has 0 bridgehead atoms. The highest BCUT2D eigenvalue weighted by Crippen LogP contribution is 2.22. The van der Waals surface area contributed by atoms with Crippen LogP contribution in [-0.2, 0) is 11.3 Å². The first-order chi connectivity index (χ1) is 17.5. The molecule has 3 aromatic rings. The van der Waals surface area contributed by atoms with E-state index in [9.17, 15) is 14.0 Å². The van der Waals surface area contributed by atoms with Gasteiger partial charge >= 0.3 is 0 Å². The highest BCUT2D eigenvalue weighted by atomic mass is 19.1. The lowest BCUT2D eigenvalue weighted by Gasteiger charge is -2.35. The lowest BCUT2D eigenvalue weighted by Crippen LogP contribution is -2.48. The molecule has 7 nitrogen and oxygen atoms in total. The van der Waals surface area contributed by atoms with Gasteiger partial charge in [0.15, 0.2) is 6.61 Å². The summed E-state index contributed by atoms with van der Waals surface area (Å²) in [5.41, 5.74) is 1.68. The van der Waals surface area contributed by atoms with Crippen molar-refractivity contribution in [1.82, 2.24) is 9.80 Å². The quantitative estimate of drug-likeness (QED) is 0.486. The van der Waals surface area contributed by atoms with Gasteiger partial charge in [-0.3, -0.25) is 14.5 Å². The molecule has 1 aliphatic heterocycles. The summed E-state index contributed by atoms with van der Waals surface area (Å²) in [7, 11) is 0. The van der Waals surface area contributed by atoms with E-state index in [2.05, 4.69) is 22.3 Å². The molecule has 8 heteroatoms. The molecule has 1 aliphatic rings. The van der Waals surface area contributed by atoms with Crippen LogP contribution in [0.15, 0.2) is 72.8 Å². The number of carbonyl (C=O) groups is 2. The second kappa shape index (κ2) is 12.2. The van der Waals surface area contributed by atoms with E-state index in [4.69, 9.17) is 9.47 Å².